The van der Waals surface area contributed by atoms with Crippen LogP contribution in [0, 0.1) is 11.8 Å². The van der Waals surface area contributed by atoms with Crippen molar-refractivity contribution >= 4 is 27.5 Å². The fourth-order valence-electron chi connectivity index (χ4n) is 5.19. The van der Waals surface area contributed by atoms with Crippen LogP contribution in [0.15, 0.2) is 84.9 Å². The van der Waals surface area contributed by atoms with E-state index in [2.05, 4.69) is 118 Å². The average Bonchev–Trinajstić information content (AvgIpc) is 3.28. The van der Waals surface area contributed by atoms with E-state index in [1.807, 2.05) is 26.2 Å². The summed E-state index contributed by atoms with van der Waals surface area (Å²) in [6.07, 6.45) is 1.10. The molecule has 1 N–H and O–H groups in total. The number of nitrogens with one attached hydrogen (secondary N) is 1. The topological polar surface area (TPSA) is 32.7 Å². The van der Waals surface area contributed by atoms with Crippen LogP contribution in [0.1, 0.15) is 17.5 Å². The van der Waals surface area contributed by atoms with Gasteiger partial charge in [0.15, 0.2) is 0 Å². The van der Waals surface area contributed by atoms with Crippen LogP contribution in [-0.4, -0.2) is 62.8 Å². The van der Waals surface area contributed by atoms with Gasteiger partial charge in [-0.3, -0.25) is 4.90 Å². The Morgan fingerprint density at radius 3 is 2.12 bits per heavy atom. The molecule has 210 valence electrons. The molecule has 0 bridgehead atoms. The standard InChI is InChI=1S/C36H40N4O/c1-38(2)21-6-8-27-9-15-31(16-10-27)37-26-28-11-19-35-33(24-28)34-25-30(29-12-17-32(41-5)18-13-29)14-20-36(34)40(35)23-7-22-39(3)4/h9-20,24-25,37H,7,21-23,26H2,1-5H3. The number of nitrogens with zero attached hydrogens (tertiary/aromatic N) is 3. The summed E-state index contributed by atoms with van der Waals surface area (Å²) < 4.78 is 7.85. The third-order valence-electron chi connectivity index (χ3n) is 7.35. The van der Waals surface area contributed by atoms with Gasteiger partial charge in [-0.25, -0.2) is 0 Å². The van der Waals surface area contributed by atoms with Gasteiger partial charge in [0, 0.05) is 46.1 Å². The average molecular weight is 545 g/mol. The monoisotopic (exact) mass is 544 g/mol. The van der Waals surface area contributed by atoms with Gasteiger partial charge in [0.05, 0.1) is 13.7 Å². The molecular formula is C36H40N4O. The Labute approximate surface area is 244 Å². The lowest BCUT2D eigenvalue weighted by Gasteiger charge is -2.12. The zero-order valence-electron chi connectivity index (χ0n) is 24.9. The molecule has 0 unspecified atom stereocenters. The van der Waals surface area contributed by atoms with Crippen LogP contribution in [0.5, 0.6) is 5.75 Å². The highest BCUT2D eigenvalue weighted by Crippen LogP contribution is 2.34. The molecule has 41 heavy (non-hydrogen) atoms. The van der Waals surface area contributed by atoms with Crippen LogP contribution in [0.3, 0.4) is 0 Å². The quantitative estimate of drug-likeness (QED) is 0.193. The summed E-state index contributed by atoms with van der Waals surface area (Å²) >= 11 is 0. The molecule has 5 aromatic rings. The molecule has 0 fully saturated rings. The van der Waals surface area contributed by atoms with E-state index < -0.39 is 0 Å². The van der Waals surface area contributed by atoms with Crippen molar-refractivity contribution in [1.29, 1.82) is 0 Å². The van der Waals surface area contributed by atoms with Gasteiger partial charge in [-0.1, -0.05) is 36.1 Å². The van der Waals surface area contributed by atoms with E-state index in [1.165, 1.54) is 38.5 Å². The second-order valence-corrected chi connectivity index (χ2v) is 11.1. The summed E-state index contributed by atoms with van der Waals surface area (Å²) in [7, 11) is 10.0. The summed E-state index contributed by atoms with van der Waals surface area (Å²) in [5, 5.41) is 6.19. The molecule has 0 radical (unpaired) electrons. The molecule has 0 amide bonds. The van der Waals surface area contributed by atoms with Gasteiger partial charge in [-0.2, -0.15) is 0 Å². The summed E-state index contributed by atoms with van der Waals surface area (Å²) in [5.41, 5.74) is 8.36. The van der Waals surface area contributed by atoms with Crippen molar-refractivity contribution in [1.82, 2.24) is 14.4 Å². The maximum atomic E-state index is 5.37. The maximum Gasteiger partial charge on any atom is 0.118 e. The molecule has 5 heteroatoms. The predicted molar refractivity (Wildman–Crippen MR) is 174 cm³/mol. The van der Waals surface area contributed by atoms with E-state index in [0.29, 0.717) is 0 Å². The third kappa shape index (κ3) is 6.92. The van der Waals surface area contributed by atoms with Crippen LogP contribution >= 0.6 is 0 Å². The molecule has 1 aromatic heterocycles. The number of methoxy groups -OCH3 is 1. The number of anilines is 1. The summed E-state index contributed by atoms with van der Waals surface area (Å²) in [6, 6.07) is 30.4. The first-order valence-electron chi connectivity index (χ1n) is 14.2. The minimum atomic E-state index is 0.757. The van der Waals surface area contributed by atoms with Crippen molar-refractivity contribution in [2.24, 2.45) is 0 Å². The Balaban J connectivity index is 1.43. The molecule has 0 aliphatic carbocycles. The molecule has 5 rings (SSSR count). The Bertz CT molecular complexity index is 1670. The molecule has 4 aromatic carbocycles. The zero-order chi connectivity index (χ0) is 28.8. The van der Waals surface area contributed by atoms with Gasteiger partial charge in [-0.15, -0.1) is 0 Å². The SMILES string of the molecule is COc1ccc(-c2ccc3c(c2)c2cc(CNc4ccc(C#CCN(C)C)cc4)ccc2n3CCCN(C)C)cc1. The smallest absolute Gasteiger partial charge is 0.118 e. The highest BCUT2D eigenvalue weighted by Gasteiger charge is 2.13. The van der Waals surface area contributed by atoms with E-state index in [1.54, 1.807) is 7.11 Å². The van der Waals surface area contributed by atoms with E-state index in [4.69, 9.17) is 4.74 Å². The van der Waals surface area contributed by atoms with Crippen molar-refractivity contribution in [2.45, 2.75) is 19.5 Å². The number of benzene rings is 4. The van der Waals surface area contributed by atoms with Gasteiger partial charge < -0.3 is 19.5 Å². The van der Waals surface area contributed by atoms with E-state index in [-0.39, 0.29) is 0 Å². The lowest BCUT2D eigenvalue weighted by atomic mass is 10.0. The van der Waals surface area contributed by atoms with Crippen LogP contribution in [-0.2, 0) is 13.1 Å². The van der Waals surface area contributed by atoms with E-state index in [9.17, 15) is 0 Å². The first-order chi connectivity index (χ1) is 19.9. The van der Waals surface area contributed by atoms with Gasteiger partial charge in [0.2, 0.25) is 0 Å². The number of ether oxygens (including phenoxy) is 1. The summed E-state index contributed by atoms with van der Waals surface area (Å²) in [4.78, 5) is 4.32. The Hall–Kier alpha value is -4.24. The Morgan fingerprint density at radius 1 is 0.756 bits per heavy atom. The van der Waals surface area contributed by atoms with Crippen LogP contribution < -0.4 is 10.1 Å². The highest BCUT2D eigenvalue weighted by atomic mass is 16.5. The number of aryl methyl sites for hydroxylation is 1. The largest absolute Gasteiger partial charge is 0.497 e. The van der Waals surface area contributed by atoms with Crippen LogP contribution in [0.25, 0.3) is 32.9 Å². The molecule has 0 aliphatic heterocycles. The van der Waals surface area contributed by atoms with Crippen molar-refractivity contribution in [3.63, 3.8) is 0 Å². The fraction of sp³-hybridized carbons (Fsp3) is 0.278. The van der Waals surface area contributed by atoms with Crippen molar-refractivity contribution in [2.75, 3.05) is 53.7 Å². The normalized spacial score (nSPS) is 11.3. The van der Waals surface area contributed by atoms with Crippen molar-refractivity contribution < 1.29 is 4.74 Å². The number of rotatable bonds is 10. The molecular weight excluding hydrogens is 504 g/mol. The number of aromatic nitrogens is 1. The summed E-state index contributed by atoms with van der Waals surface area (Å²) in [6.45, 7) is 3.57. The van der Waals surface area contributed by atoms with E-state index >= 15 is 0 Å². The lowest BCUT2D eigenvalue weighted by molar-refractivity contribution is 0.389. The molecule has 0 spiro atoms. The van der Waals surface area contributed by atoms with Gasteiger partial charge >= 0.3 is 0 Å². The van der Waals surface area contributed by atoms with Crippen molar-refractivity contribution in [3.05, 3.63) is 96.1 Å². The molecule has 0 saturated heterocycles. The highest BCUT2D eigenvalue weighted by molar-refractivity contribution is 6.09. The first-order valence-corrected chi connectivity index (χ1v) is 14.2. The zero-order valence-corrected chi connectivity index (χ0v) is 24.9. The van der Waals surface area contributed by atoms with E-state index in [0.717, 1.165) is 49.6 Å². The van der Waals surface area contributed by atoms with Crippen molar-refractivity contribution in [3.8, 4) is 28.7 Å². The Morgan fingerprint density at radius 2 is 1.44 bits per heavy atom. The second-order valence-electron chi connectivity index (χ2n) is 11.1. The third-order valence-corrected chi connectivity index (χ3v) is 7.35. The first kappa shape index (κ1) is 28.3. The van der Waals surface area contributed by atoms with Crippen LogP contribution in [0.2, 0.25) is 0 Å². The molecule has 0 aliphatic rings. The fourth-order valence-corrected chi connectivity index (χ4v) is 5.19. The van der Waals surface area contributed by atoms with Crippen LogP contribution in [0.4, 0.5) is 5.69 Å². The van der Waals surface area contributed by atoms with Gasteiger partial charge in [0.1, 0.15) is 5.75 Å². The number of hydrogen-bond donors (Lipinski definition) is 1. The lowest BCUT2D eigenvalue weighted by Crippen LogP contribution is -2.15. The van der Waals surface area contributed by atoms with Gasteiger partial charge in [0.25, 0.3) is 0 Å². The minimum Gasteiger partial charge on any atom is -0.497 e. The summed E-state index contributed by atoms with van der Waals surface area (Å²) in [5.74, 6) is 7.30. The molecule has 0 saturated carbocycles. The minimum absolute atomic E-state index is 0.757. The maximum absolute atomic E-state index is 5.37. The Kier molecular flexibility index (Phi) is 8.94. The number of hydrogen-bond acceptors (Lipinski definition) is 4. The molecule has 5 nitrogen and oxygen atoms in total. The molecule has 1 heterocycles. The van der Waals surface area contributed by atoms with Gasteiger partial charge in [-0.05, 0) is 119 Å². The second kappa shape index (κ2) is 13.0. The predicted octanol–water partition coefficient (Wildman–Crippen LogP) is 6.95. The molecule has 0 atom stereocenters. The number of fused-ring (bicyclic) bond motifs is 3.